The summed E-state index contributed by atoms with van der Waals surface area (Å²) in [4.78, 5) is 0. The van der Waals surface area contributed by atoms with E-state index in [0.717, 1.165) is 37.2 Å². The van der Waals surface area contributed by atoms with Crippen LogP contribution in [0.15, 0.2) is 12.1 Å². The molecule has 0 spiro atoms. The molecule has 2 radical (unpaired) electrons. The van der Waals surface area contributed by atoms with Gasteiger partial charge in [0.15, 0.2) is 0 Å². The number of rotatable bonds is 4. The normalized spacial score (nSPS) is 22.2. The second-order valence-electron chi connectivity index (χ2n) is 8.07. The Hall–Kier alpha value is -0.920. The molecule has 1 aromatic rings. The Kier molecular flexibility index (Phi) is 5.94. The molecule has 2 aliphatic carbocycles. The van der Waals surface area contributed by atoms with E-state index in [1.54, 1.807) is 24.0 Å². The maximum atomic E-state index is 13.8. The molecule has 0 aliphatic heterocycles. The van der Waals surface area contributed by atoms with Crippen molar-refractivity contribution in [1.82, 2.24) is 0 Å². The fourth-order valence-corrected chi connectivity index (χ4v) is 4.38. The summed E-state index contributed by atoms with van der Waals surface area (Å²) < 4.78 is 27.6. The topological polar surface area (TPSA) is 0 Å². The first-order chi connectivity index (χ1) is 11.5. The Morgan fingerprint density at radius 2 is 1.46 bits per heavy atom. The Balaban J connectivity index is 1.46. The molecule has 0 aromatic heterocycles. The third kappa shape index (κ3) is 4.37. The van der Waals surface area contributed by atoms with Gasteiger partial charge in [0.1, 0.15) is 11.6 Å². The van der Waals surface area contributed by atoms with Crippen molar-refractivity contribution < 1.29 is 8.78 Å². The molecular weight excluding hydrogens is 302 g/mol. The molecule has 0 saturated heterocycles. The summed E-state index contributed by atoms with van der Waals surface area (Å²) in [5, 5.41) is 0. The largest absolute Gasteiger partial charge is 0.207 e. The molecule has 0 N–H and O–H groups in total. The van der Waals surface area contributed by atoms with Gasteiger partial charge in [-0.25, -0.2) is 8.78 Å². The van der Waals surface area contributed by atoms with Crippen LogP contribution in [0.5, 0.6) is 0 Å². The molecule has 1 aromatic carbocycles. The van der Waals surface area contributed by atoms with Crippen LogP contribution in [0.3, 0.4) is 0 Å². The smallest absolute Gasteiger partial charge is 0.129 e. The van der Waals surface area contributed by atoms with E-state index in [1.165, 1.54) is 45.4 Å². The number of hydrogen-bond donors (Lipinski definition) is 0. The van der Waals surface area contributed by atoms with Crippen molar-refractivity contribution in [1.29, 1.82) is 0 Å². The zero-order valence-corrected chi connectivity index (χ0v) is 15.1. The van der Waals surface area contributed by atoms with Gasteiger partial charge in [0, 0.05) is 5.56 Å². The lowest BCUT2D eigenvalue weighted by molar-refractivity contribution is 0.339. The summed E-state index contributed by atoms with van der Waals surface area (Å²) in [6, 6.07) is 3.10. The lowest BCUT2D eigenvalue weighted by Crippen LogP contribution is -2.15. The van der Waals surface area contributed by atoms with Gasteiger partial charge in [-0.15, -0.1) is 0 Å². The fraction of sp³-hybridized carbons (Fsp3) is 0.636. The fourth-order valence-electron chi connectivity index (χ4n) is 4.38. The number of halogens is 2. The maximum absolute atomic E-state index is 13.8. The van der Waals surface area contributed by atoms with E-state index >= 15 is 0 Å². The van der Waals surface area contributed by atoms with E-state index in [0.29, 0.717) is 5.92 Å². The zero-order valence-electron chi connectivity index (χ0n) is 15.1. The van der Waals surface area contributed by atoms with Crippen LogP contribution in [0.4, 0.5) is 8.78 Å². The van der Waals surface area contributed by atoms with Gasteiger partial charge < -0.3 is 0 Å². The summed E-state index contributed by atoms with van der Waals surface area (Å²) in [6.45, 7) is 3.80. The van der Waals surface area contributed by atoms with Gasteiger partial charge in [0.2, 0.25) is 0 Å². The molecule has 0 amide bonds. The van der Waals surface area contributed by atoms with E-state index in [9.17, 15) is 8.78 Å². The summed E-state index contributed by atoms with van der Waals surface area (Å²) in [7, 11) is 0. The SMILES string of the molecule is C[C]1CCC(CC[C]2CCC(c3cc(F)c(C)c(F)c3)CC2)CC1. The van der Waals surface area contributed by atoms with Gasteiger partial charge >= 0.3 is 0 Å². The van der Waals surface area contributed by atoms with Gasteiger partial charge in [-0.1, -0.05) is 6.92 Å². The second kappa shape index (κ2) is 7.97. The molecule has 0 unspecified atom stereocenters. The minimum Gasteiger partial charge on any atom is -0.207 e. The molecule has 2 saturated carbocycles. The minimum absolute atomic E-state index is 0.141. The summed E-state index contributed by atoms with van der Waals surface area (Å²) >= 11 is 0. The first kappa shape index (κ1) is 17.9. The lowest BCUT2D eigenvalue weighted by atomic mass is 9.74. The van der Waals surface area contributed by atoms with Gasteiger partial charge in [0.25, 0.3) is 0 Å². The Labute approximate surface area is 146 Å². The maximum Gasteiger partial charge on any atom is 0.129 e. The molecule has 2 fully saturated rings. The molecule has 0 heterocycles. The van der Waals surface area contributed by atoms with Crippen molar-refractivity contribution in [3.05, 3.63) is 46.7 Å². The highest BCUT2D eigenvalue weighted by molar-refractivity contribution is 5.28. The van der Waals surface area contributed by atoms with Gasteiger partial charge in [0.05, 0.1) is 0 Å². The summed E-state index contributed by atoms with van der Waals surface area (Å²) in [5.41, 5.74) is 0.995. The molecular formula is C22H30F2. The second-order valence-corrected chi connectivity index (χ2v) is 8.07. The number of hydrogen-bond acceptors (Lipinski definition) is 0. The van der Waals surface area contributed by atoms with Gasteiger partial charge in [-0.05, 0) is 112 Å². The van der Waals surface area contributed by atoms with Crippen LogP contribution in [0.2, 0.25) is 0 Å². The van der Waals surface area contributed by atoms with Crippen LogP contribution in [0, 0.1) is 36.3 Å². The van der Waals surface area contributed by atoms with Crippen molar-refractivity contribution >= 4 is 0 Å². The molecule has 2 aliphatic rings. The van der Waals surface area contributed by atoms with E-state index < -0.39 is 11.6 Å². The quantitative estimate of drug-likeness (QED) is 0.553. The van der Waals surface area contributed by atoms with Crippen molar-refractivity contribution in [2.24, 2.45) is 5.92 Å². The van der Waals surface area contributed by atoms with Gasteiger partial charge in [-0.2, -0.15) is 0 Å². The Morgan fingerprint density at radius 3 is 2.04 bits per heavy atom. The highest BCUT2D eigenvalue weighted by Gasteiger charge is 2.25. The predicted molar refractivity (Wildman–Crippen MR) is 95.7 cm³/mol. The Bertz CT molecular complexity index is 512. The predicted octanol–water partition coefficient (Wildman–Crippen LogP) is 7.07. The van der Waals surface area contributed by atoms with Crippen LogP contribution < -0.4 is 0 Å². The molecule has 132 valence electrons. The van der Waals surface area contributed by atoms with E-state index in [1.807, 2.05) is 0 Å². The van der Waals surface area contributed by atoms with E-state index in [4.69, 9.17) is 0 Å². The molecule has 0 atom stereocenters. The average Bonchev–Trinajstić information content (AvgIpc) is 2.59. The highest BCUT2D eigenvalue weighted by Crippen LogP contribution is 2.41. The molecule has 24 heavy (non-hydrogen) atoms. The van der Waals surface area contributed by atoms with Crippen molar-refractivity contribution in [3.63, 3.8) is 0 Å². The summed E-state index contributed by atoms with van der Waals surface area (Å²) in [6.07, 6.45) is 12.4. The van der Waals surface area contributed by atoms with Crippen molar-refractivity contribution in [2.45, 2.75) is 84.0 Å². The third-order valence-corrected chi connectivity index (χ3v) is 6.33. The first-order valence-corrected chi connectivity index (χ1v) is 9.63. The van der Waals surface area contributed by atoms with Crippen LogP contribution in [0.25, 0.3) is 0 Å². The standard InChI is InChI=1S/C22H30F2/c1-15-3-5-17(6-4-15)7-8-18-9-11-19(12-10-18)20-13-21(23)16(2)22(24)14-20/h13-14,17,19H,3-12H2,1-2H3. The molecule has 0 bridgehead atoms. The zero-order chi connectivity index (χ0) is 17.1. The lowest BCUT2D eigenvalue weighted by Gasteiger charge is -2.31. The molecule has 0 nitrogen and oxygen atoms in total. The first-order valence-electron chi connectivity index (χ1n) is 9.63. The monoisotopic (exact) mass is 332 g/mol. The highest BCUT2D eigenvalue weighted by atomic mass is 19.1. The average molecular weight is 332 g/mol. The Morgan fingerprint density at radius 1 is 0.875 bits per heavy atom. The van der Waals surface area contributed by atoms with Crippen LogP contribution in [-0.2, 0) is 0 Å². The summed E-state index contributed by atoms with van der Waals surface area (Å²) in [5.74, 6) is 3.81. The third-order valence-electron chi connectivity index (χ3n) is 6.33. The van der Waals surface area contributed by atoms with E-state index in [2.05, 4.69) is 6.92 Å². The van der Waals surface area contributed by atoms with Crippen LogP contribution >= 0.6 is 0 Å². The van der Waals surface area contributed by atoms with Gasteiger partial charge in [-0.3, -0.25) is 0 Å². The van der Waals surface area contributed by atoms with E-state index in [-0.39, 0.29) is 5.56 Å². The molecule has 3 rings (SSSR count). The van der Waals surface area contributed by atoms with Crippen LogP contribution in [-0.4, -0.2) is 0 Å². The van der Waals surface area contributed by atoms with Crippen LogP contribution in [0.1, 0.15) is 88.2 Å². The van der Waals surface area contributed by atoms with Crippen molar-refractivity contribution in [3.8, 4) is 0 Å². The van der Waals surface area contributed by atoms with Crippen molar-refractivity contribution in [2.75, 3.05) is 0 Å². The molecule has 2 heteroatoms. The number of benzene rings is 1. The minimum atomic E-state index is -0.399.